The van der Waals surface area contributed by atoms with Crippen molar-refractivity contribution in [3.8, 4) is 11.4 Å². The molecule has 0 amide bonds. The summed E-state index contributed by atoms with van der Waals surface area (Å²) >= 11 is 0. The van der Waals surface area contributed by atoms with Gasteiger partial charge in [0.1, 0.15) is 0 Å². The van der Waals surface area contributed by atoms with Crippen LogP contribution in [0.4, 0.5) is 13.2 Å². The van der Waals surface area contributed by atoms with Gasteiger partial charge in [0.15, 0.2) is 5.82 Å². The van der Waals surface area contributed by atoms with E-state index in [4.69, 9.17) is 0 Å². The molecule has 1 N–H and O–H groups in total. The molecule has 2 heterocycles. The van der Waals surface area contributed by atoms with E-state index in [1.54, 1.807) is 0 Å². The lowest BCUT2D eigenvalue weighted by molar-refractivity contribution is -0.144. The number of alkyl halides is 3. The van der Waals surface area contributed by atoms with Crippen LogP contribution in [0.5, 0.6) is 0 Å². The van der Waals surface area contributed by atoms with Crippen molar-refractivity contribution >= 4 is 10.0 Å². The molecule has 0 aliphatic carbocycles. The average Bonchev–Trinajstić information content (AvgIpc) is 3.18. The van der Waals surface area contributed by atoms with Crippen molar-refractivity contribution in [2.75, 3.05) is 13.1 Å². The minimum absolute atomic E-state index is 0.106. The number of halogens is 3. The normalized spacial score (nSPS) is 16.8. The monoisotopic (exact) mass is 346 g/mol. The van der Waals surface area contributed by atoms with E-state index in [0.29, 0.717) is 18.7 Å². The lowest BCUT2D eigenvalue weighted by Crippen LogP contribution is -2.27. The highest BCUT2D eigenvalue weighted by molar-refractivity contribution is 7.89. The molecular formula is C13H13F3N4O2S. The number of benzene rings is 1. The molecule has 2 aromatic rings. The molecule has 0 radical (unpaired) electrons. The van der Waals surface area contributed by atoms with Crippen LogP contribution >= 0.6 is 0 Å². The zero-order valence-corrected chi connectivity index (χ0v) is 12.7. The zero-order chi connectivity index (χ0) is 16.7. The van der Waals surface area contributed by atoms with Crippen LogP contribution in [0.2, 0.25) is 0 Å². The average molecular weight is 346 g/mol. The van der Waals surface area contributed by atoms with E-state index < -0.39 is 22.0 Å². The van der Waals surface area contributed by atoms with Gasteiger partial charge in [-0.15, -0.1) is 0 Å². The number of sulfonamides is 1. The number of aromatic nitrogens is 3. The Morgan fingerprint density at radius 3 is 2.22 bits per heavy atom. The summed E-state index contributed by atoms with van der Waals surface area (Å²) in [7, 11) is -3.55. The van der Waals surface area contributed by atoms with Crippen molar-refractivity contribution in [1.29, 1.82) is 0 Å². The van der Waals surface area contributed by atoms with Crippen LogP contribution in [-0.2, 0) is 16.2 Å². The molecule has 0 spiro atoms. The topological polar surface area (TPSA) is 79.0 Å². The summed E-state index contributed by atoms with van der Waals surface area (Å²) in [6.45, 7) is 0.972. The molecule has 0 bridgehead atoms. The van der Waals surface area contributed by atoms with Gasteiger partial charge in [-0.25, -0.2) is 13.4 Å². The first-order valence-electron chi connectivity index (χ1n) is 6.89. The van der Waals surface area contributed by atoms with Gasteiger partial charge in [-0.2, -0.15) is 22.6 Å². The molecule has 3 rings (SSSR count). The highest BCUT2D eigenvalue weighted by atomic mass is 32.2. The molecule has 1 fully saturated rings. The van der Waals surface area contributed by atoms with Crippen molar-refractivity contribution in [2.45, 2.75) is 23.9 Å². The van der Waals surface area contributed by atoms with Gasteiger partial charge < -0.3 is 0 Å². The van der Waals surface area contributed by atoms with Crippen LogP contribution in [0.15, 0.2) is 29.2 Å². The predicted octanol–water partition coefficient (Wildman–Crippen LogP) is 2.28. The molecule has 1 aromatic carbocycles. The Morgan fingerprint density at radius 2 is 1.70 bits per heavy atom. The second kappa shape index (κ2) is 5.60. The molecule has 0 unspecified atom stereocenters. The molecule has 6 nitrogen and oxygen atoms in total. The van der Waals surface area contributed by atoms with Crippen LogP contribution < -0.4 is 0 Å². The van der Waals surface area contributed by atoms with Gasteiger partial charge in [0.2, 0.25) is 15.8 Å². The van der Waals surface area contributed by atoms with Crippen LogP contribution in [-0.4, -0.2) is 41.0 Å². The van der Waals surface area contributed by atoms with Gasteiger partial charge in [-0.05, 0) is 37.1 Å². The fraction of sp³-hybridized carbons (Fsp3) is 0.385. The van der Waals surface area contributed by atoms with Gasteiger partial charge >= 0.3 is 6.18 Å². The Labute approximate surface area is 130 Å². The fourth-order valence-corrected chi connectivity index (χ4v) is 3.89. The van der Waals surface area contributed by atoms with Crippen LogP contribution in [0, 0.1) is 0 Å². The van der Waals surface area contributed by atoms with E-state index in [1.807, 2.05) is 5.10 Å². The summed E-state index contributed by atoms with van der Waals surface area (Å²) in [5.74, 6) is -1.33. The van der Waals surface area contributed by atoms with Crippen molar-refractivity contribution in [1.82, 2.24) is 19.5 Å². The van der Waals surface area contributed by atoms with Crippen molar-refractivity contribution in [2.24, 2.45) is 0 Å². The molecule has 0 saturated carbocycles. The number of aromatic amines is 1. The Morgan fingerprint density at radius 1 is 1.09 bits per heavy atom. The quantitative estimate of drug-likeness (QED) is 0.925. The van der Waals surface area contributed by atoms with Gasteiger partial charge in [0.25, 0.3) is 0 Å². The first-order chi connectivity index (χ1) is 10.8. The molecule has 0 atom stereocenters. The number of rotatable bonds is 3. The summed E-state index contributed by atoms with van der Waals surface area (Å²) in [4.78, 5) is 3.48. The first kappa shape index (κ1) is 15.9. The lowest BCUT2D eigenvalue weighted by Gasteiger charge is -2.15. The van der Waals surface area contributed by atoms with E-state index in [9.17, 15) is 21.6 Å². The van der Waals surface area contributed by atoms with E-state index in [0.717, 1.165) is 12.8 Å². The van der Waals surface area contributed by atoms with Gasteiger partial charge in [-0.3, -0.25) is 5.10 Å². The van der Waals surface area contributed by atoms with Gasteiger partial charge in [0, 0.05) is 18.7 Å². The maximum atomic E-state index is 12.5. The summed E-state index contributed by atoms with van der Waals surface area (Å²) in [5.41, 5.74) is 0.303. The number of nitrogens with zero attached hydrogens (tertiary/aromatic N) is 3. The minimum Gasteiger partial charge on any atom is -0.255 e. The third-order valence-corrected chi connectivity index (χ3v) is 5.48. The Hall–Kier alpha value is -1.94. The number of H-pyrrole nitrogens is 1. The number of hydrogen-bond acceptors (Lipinski definition) is 4. The number of hydrogen-bond donors (Lipinski definition) is 1. The van der Waals surface area contributed by atoms with Crippen LogP contribution in [0.3, 0.4) is 0 Å². The van der Waals surface area contributed by atoms with Crippen molar-refractivity contribution < 1.29 is 21.6 Å². The summed E-state index contributed by atoms with van der Waals surface area (Å²) in [5, 5.41) is 5.33. The van der Waals surface area contributed by atoms with Crippen molar-refractivity contribution in [3.05, 3.63) is 30.1 Å². The Kier molecular flexibility index (Phi) is 3.88. The second-order valence-electron chi connectivity index (χ2n) is 5.14. The molecule has 1 aliphatic rings. The standard InChI is InChI=1S/C13H13F3N4O2S/c14-13(15,16)12-17-11(18-19-12)9-3-5-10(6-4-9)23(21,22)20-7-1-2-8-20/h3-6H,1-2,7-8H2,(H,17,18,19). The van der Waals surface area contributed by atoms with E-state index >= 15 is 0 Å². The zero-order valence-electron chi connectivity index (χ0n) is 11.8. The lowest BCUT2D eigenvalue weighted by atomic mass is 10.2. The molecular weight excluding hydrogens is 333 g/mol. The largest absolute Gasteiger partial charge is 0.451 e. The van der Waals surface area contributed by atoms with E-state index in [-0.39, 0.29) is 10.7 Å². The molecule has 23 heavy (non-hydrogen) atoms. The highest BCUT2D eigenvalue weighted by Gasteiger charge is 2.35. The Balaban J connectivity index is 1.86. The van der Waals surface area contributed by atoms with Crippen LogP contribution in [0.25, 0.3) is 11.4 Å². The molecule has 10 heteroatoms. The number of nitrogens with one attached hydrogen (secondary N) is 1. The SMILES string of the molecule is O=S(=O)(c1ccc(-c2n[nH]c(C(F)(F)F)n2)cc1)N1CCCC1. The van der Waals surface area contributed by atoms with Crippen LogP contribution in [0.1, 0.15) is 18.7 Å². The molecule has 1 aliphatic heterocycles. The van der Waals surface area contributed by atoms with E-state index in [1.165, 1.54) is 28.6 Å². The third-order valence-electron chi connectivity index (χ3n) is 3.57. The minimum atomic E-state index is -4.61. The van der Waals surface area contributed by atoms with Gasteiger partial charge in [0.05, 0.1) is 4.90 Å². The highest BCUT2D eigenvalue weighted by Crippen LogP contribution is 2.28. The first-order valence-corrected chi connectivity index (χ1v) is 8.33. The molecule has 1 aromatic heterocycles. The fourth-order valence-electron chi connectivity index (χ4n) is 2.37. The summed E-state index contributed by atoms with van der Waals surface area (Å²) in [6.07, 6.45) is -2.95. The third kappa shape index (κ3) is 3.08. The maximum Gasteiger partial charge on any atom is 0.451 e. The van der Waals surface area contributed by atoms with E-state index in [2.05, 4.69) is 10.1 Å². The smallest absolute Gasteiger partial charge is 0.255 e. The molecule has 124 valence electrons. The Bertz CT molecular complexity index is 793. The summed E-state index contributed by atoms with van der Waals surface area (Å²) in [6, 6.07) is 5.50. The maximum absolute atomic E-state index is 12.5. The van der Waals surface area contributed by atoms with Crippen molar-refractivity contribution in [3.63, 3.8) is 0 Å². The molecule has 1 saturated heterocycles. The predicted molar refractivity (Wildman–Crippen MR) is 74.8 cm³/mol. The second-order valence-corrected chi connectivity index (χ2v) is 7.08. The summed E-state index contributed by atoms with van der Waals surface area (Å²) < 4.78 is 63.6. The van der Waals surface area contributed by atoms with Gasteiger partial charge in [-0.1, -0.05) is 0 Å².